The van der Waals surface area contributed by atoms with Crippen molar-refractivity contribution in [2.24, 2.45) is 0 Å². The second-order valence-electron chi connectivity index (χ2n) is 7.36. The quantitative estimate of drug-likeness (QED) is 0.847. The van der Waals surface area contributed by atoms with E-state index in [4.69, 9.17) is 9.47 Å². The molecule has 0 spiro atoms. The Morgan fingerprint density at radius 2 is 2.00 bits per heavy atom. The number of carbonyl (C=O) groups is 2. The molecule has 2 aliphatic rings. The van der Waals surface area contributed by atoms with Gasteiger partial charge in [-0.2, -0.15) is 0 Å². The van der Waals surface area contributed by atoms with E-state index in [1.54, 1.807) is 19.1 Å². The topological polar surface area (TPSA) is 67.9 Å². The van der Waals surface area contributed by atoms with E-state index in [1.807, 2.05) is 25.1 Å². The van der Waals surface area contributed by atoms with Crippen LogP contribution in [0.4, 0.5) is 0 Å². The van der Waals surface area contributed by atoms with Crippen molar-refractivity contribution in [2.45, 2.75) is 63.6 Å². The summed E-state index contributed by atoms with van der Waals surface area (Å²) in [5, 5.41) is 3.16. The Bertz CT molecular complexity index is 684. The lowest BCUT2D eigenvalue weighted by Crippen LogP contribution is -2.55. The molecule has 1 saturated carbocycles. The molecule has 1 aliphatic heterocycles. The number of rotatable bonds is 6. The maximum absolute atomic E-state index is 13.0. The number of methoxy groups -OCH3 is 2. The van der Waals surface area contributed by atoms with E-state index in [0.717, 1.165) is 31.2 Å². The first kappa shape index (κ1) is 18.5. The van der Waals surface area contributed by atoms with E-state index in [9.17, 15) is 9.59 Å². The molecule has 6 nitrogen and oxygen atoms in total. The summed E-state index contributed by atoms with van der Waals surface area (Å²) in [6, 6.07) is 5.83. The number of carbonyl (C=O) groups excluding carboxylic acids is 2. The third-order valence-corrected chi connectivity index (χ3v) is 5.71. The minimum absolute atomic E-state index is 0.000977. The monoisotopic (exact) mass is 360 g/mol. The Morgan fingerprint density at radius 3 is 2.65 bits per heavy atom. The fraction of sp³-hybridized carbons (Fsp3) is 0.600. The largest absolute Gasteiger partial charge is 0.493 e. The molecule has 0 bridgehead atoms. The van der Waals surface area contributed by atoms with Gasteiger partial charge in [0.15, 0.2) is 11.5 Å². The van der Waals surface area contributed by atoms with Gasteiger partial charge in [-0.3, -0.25) is 9.59 Å². The Hall–Kier alpha value is -2.24. The van der Waals surface area contributed by atoms with Crippen molar-refractivity contribution in [2.75, 3.05) is 14.2 Å². The van der Waals surface area contributed by atoms with E-state index in [-0.39, 0.29) is 17.9 Å². The van der Waals surface area contributed by atoms with Crippen LogP contribution in [0.5, 0.6) is 11.5 Å². The molecule has 1 aromatic rings. The predicted octanol–water partition coefficient (Wildman–Crippen LogP) is 2.64. The van der Waals surface area contributed by atoms with Crippen LogP contribution >= 0.6 is 0 Å². The highest BCUT2D eigenvalue weighted by atomic mass is 16.5. The van der Waals surface area contributed by atoms with Gasteiger partial charge in [-0.05, 0) is 32.3 Å². The zero-order valence-corrected chi connectivity index (χ0v) is 15.8. The maximum Gasteiger partial charge on any atom is 0.245 e. The molecule has 0 aromatic heterocycles. The number of nitrogens with one attached hydrogen (secondary N) is 1. The molecule has 1 aromatic carbocycles. The van der Waals surface area contributed by atoms with Crippen LogP contribution in [0.3, 0.4) is 0 Å². The molecule has 142 valence electrons. The number of ether oxygens (including phenoxy) is 2. The lowest BCUT2D eigenvalue weighted by molar-refractivity contribution is -0.141. The lowest BCUT2D eigenvalue weighted by Gasteiger charge is -2.35. The summed E-state index contributed by atoms with van der Waals surface area (Å²) in [6.07, 6.45) is 5.30. The fourth-order valence-corrected chi connectivity index (χ4v) is 4.05. The van der Waals surface area contributed by atoms with Gasteiger partial charge in [-0.1, -0.05) is 25.0 Å². The number of hydrogen-bond acceptors (Lipinski definition) is 4. The molecule has 0 unspecified atom stereocenters. The summed E-state index contributed by atoms with van der Waals surface area (Å²) in [5.41, 5.74) is 0.00954. The third kappa shape index (κ3) is 3.37. The van der Waals surface area contributed by atoms with Gasteiger partial charge >= 0.3 is 0 Å². The van der Waals surface area contributed by atoms with Crippen LogP contribution in [0.15, 0.2) is 18.2 Å². The van der Waals surface area contributed by atoms with Crippen molar-refractivity contribution in [1.82, 2.24) is 10.2 Å². The van der Waals surface area contributed by atoms with Gasteiger partial charge in [0.1, 0.15) is 5.54 Å². The molecule has 1 N–H and O–H groups in total. The van der Waals surface area contributed by atoms with E-state index in [1.165, 1.54) is 0 Å². The van der Waals surface area contributed by atoms with Gasteiger partial charge in [-0.25, -0.2) is 0 Å². The zero-order valence-electron chi connectivity index (χ0n) is 15.8. The Kier molecular flexibility index (Phi) is 5.39. The van der Waals surface area contributed by atoms with Crippen LogP contribution in [0.2, 0.25) is 0 Å². The van der Waals surface area contributed by atoms with E-state index in [2.05, 4.69) is 5.32 Å². The zero-order chi connectivity index (χ0) is 18.7. The summed E-state index contributed by atoms with van der Waals surface area (Å²) >= 11 is 0. The summed E-state index contributed by atoms with van der Waals surface area (Å²) in [5.74, 6) is 1.18. The Balaban J connectivity index is 1.82. The average Bonchev–Trinajstić information content (AvgIpc) is 3.25. The maximum atomic E-state index is 13.0. The normalized spacial score (nSPS) is 23.3. The molecule has 26 heavy (non-hydrogen) atoms. The highest BCUT2D eigenvalue weighted by molar-refractivity contribution is 5.94. The first-order chi connectivity index (χ1) is 12.5. The summed E-state index contributed by atoms with van der Waals surface area (Å²) < 4.78 is 10.8. The number of amides is 2. The fourth-order valence-electron chi connectivity index (χ4n) is 4.05. The van der Waals surface area contributed by atoms with E-state index in [0.29, 0.717) is 30.9 Å². The third-order valence-electron chi connectivity index (χ3n) is 5.71. The highest BCUT2D eigenvalue weighted by Gasteiger charge is 2.48. The van der Waals surface area contributed by atoms with Crippen LogP contribution < -0.4 is 14.8 Å². The summed E-state index contributed by atoms with van der Waals surface area (Å²) in [6.45, 7) is 2.20. The minimum atomic E-state index is -0.826. The number of likely N-dealkylation sites (tertiary alicyclic amines) is 1. The van der Waals surface area contributed by atoms with Gasteiger partial charge < -0.3 is 19.7 Å². The highest BCUT2D eigenvalue weighted by Crippen LogP contribution is 2.37. The van der Waals surface area contributed by atoms with Crippen molar-refractivity contribution in [3.63, 3.8) is 0 Å². The number of hydrogen-bond donors (Lipinski definition) is 1. The smallest absolute Gasteiger partial charge is 0.245 e. The average molecular weight is 360 g/mol. The molecule has 1 saturated heterocycles. The molecule has 0 radical (unpaired) electrons. The summed E-state index contributed by atoms with van der Waals surface area (Å²) in [7, 11) is 3.17. The standard InChI is InChI=1S/C20H28N2O4/c1-20(19(24)21-15-8-4-5-9-15)12-11-17(23)22(20)13-14-7-6-10-16(25-2)18(14)26-3/h6-7,10,15H,4-5,8-9,11-13H2,1-3H3,(H,21,24)/t20-/m1/s1. The van der Waals surface area contributed by atoms with Crippen LogP contribution in [-0.4, -0.2) is 42.5 Å². The first-order valence-electron chi connectivity index (χ1n) is 9.31. The van der Waals surface area contributed by atoms with E-state index < -0.39 is 5.54 Å². The van der Waals surface area contributed by atoms with Crippen molar-refractivity contribution in [3.8, 4) is 11.5 Å². The van der Waals surface area contributed by atoms with Crippen molar-refractivity contribution in [1.29, 1.82) is 0 Å². The number of nitrogens with zero attached hydrogens (tertiary/aromatic N) is 1. The van der Waals surface area contributed by atoms with E-state index >= 15 is 0 Å². The molecule has 2 fully saturated rings. The van der Waals surface area contributed by atoms with Crippen molar-refractivity contribution >= 4 is 11.8 Å². The molecule has 6 heteroatoms. The van der Waals surface area contributed by atoms with Gasteiger partial charge in [0, 0.05) is 18.0 Å². The number of para-hydroxylation sites is 1. The molecular weight excluding hydrogens is 332 g/mol. The molecule has 1 atom stereocenters. The molecule has 1 heterocycles. The SMILES string of the molecule is COc1cccc(CN2C(=O)CC[C@]2(C)C(=O)NC2CCCC2)c1OC. The molecular formula is C20H28N2O4. The van der Waals surface area contributed by atoms with Gasteiger partial charge in [0.2, 0.25) is 11.8 Å². The number of benzene rings is 1. The molecule has 2 amide bonds. The van der Waals surface area contributed by atoms with Gasteiger partial charge in [-0.15, -0.1) is 0 Å². The van der Waals surface area contributed by atoms with Gasteiger partial charge in [0.25, 0.3) is 0 Å². The van der Waals surface area contributed by atoms with Crippen LogP contribution in [0.1, 0.15) is 51.0 Å². The van der Waals surface area contributed by atoms with Crippen molar-refractivity contribution in [3.05, 3.63) is 23.8 Å². The Morgan fingerprint density at radius 1 is 1.27 bits per heavy atom. The molecule has 3 rings (SSSR count). The van der Waals surface area contributed by atoms with Crippen molar-refractivity contribution < 1.29 is 19.1 Å². The predicted molar refractivity (Wildman–Crippen MR) is 98.1 cm³/mol. The van der Waals surface area contributed by atoms with Crippen LogP contribution in [0, 0.1) is 0 Å². The first-order valence-corrected chi connectivity index (χ1v) is 9.31. The minimum Gasteiger partial charge on any atom is -0.493 e. The van der Waals surface area contributed by atoms with Gasteiger partial charge in [0.05, 0.1) is 20.8 Å². The summed E-state index contributed by atoms with van der Waals surface area (Å²) in [4.78, 5) is 27.2. The molecule has 1 aliphatic carbocycles. The second-order valence-corrected chi connectivity index (χ2v) is 7.36. The van der Waals surface area contributed by atoms with Crippen LogP contribution in [-0.2, 0) is 16.1 Å². The lowest BCUT2D eigenvalue weighted by atomic mass is 9.96. The Labute approximate surface area is 154 Å². The second kappa shape index (κ2) is 7.56. The van der Waals surface area contributed by atoms with Crippen LogP contribution in [0.25, 0.3) is 0 Å².